The number of nitrogens with one attached hydrogen (secondary N) is 2. The maximum atomic E-state index is 13.0. The van der Waals surface area contributed by atoms with Gasteiger partial charge < -0.3 is 54.9 Å². The second kappa shape index (κ2) is 23.2. The van der Waals surface area contributed by atoms with Crippen molar-refractivity contribution in [3.8, 4) is 0 Å². The minimum Gasteiger partial charge on any atom is -0.483 e. The molecule has 1 aromatic rings. The summed E-state index contributed by atoms with van der Waals surface area (Å²) in [4.78, 5) is 35.6. The van der Waals surface area contributed by atoms with E-state index in [2.05, 4.69) is 53.6 Å². The molecule has 14 nitrogen and oxygen atoms in total. The predicted octanol–water partition coefficient (Wildman–Crippen LogP) is 4.06. The summed E-state index contributed by atoms with van der Waals surface area (Å²) in [6.45, 7) is 16.8. The first-order valence-corrected chi connectivity index (χ1v) is 20.6. The van der Waals surface area contributed by atoms with Gasteiger partial charge in [0, 0.05) is 57.7 Å². The number of ether oxygens (including phenoxy) is 4. The van der Waals surface area contributed by atoms with Crippen molar-refractivity contribution in [2.45, 2.75) is 141 Å². The summed E-state index contributed by atoms with van der Waals surface area (Å²) in [5.74, 6) is -1.36. The van der Waals surface area contributed by atoms with Crippen molar-refractivity contribution in [1.82, 2.24) is 10.6 Å². The van der Waals surface area contributed by atoms with Crippen LogP contribution < -0.4 is 15.5 Å². The zero-order chi connectivity index (χ0) is 43.0. The summed E-state index contributed by atoms with van der Waals surface area (Å²) in [7, 11) is 1.72. The molecule has 11 atom stereocenters. The Hall–Kier alpha value is -3.63. The minimum absolute atomic E-state index is 0.0321. The van der Waals surface area contributed by atoms with Crippen LogP contribution in [0, 0.1) is 11.8 Å². The van der Waals surface area contributed by atoms with E-state index < -0.39 is 47.5 Å². The maximum absolute atomic E-state index is 13.0. The van der Waals surface area contributed by atoms with Crippen LogP contribution in [0.5, 0.6) is 0 Å². The van der Waals surface area contributed by atoms with Gasteiger partial charge in [-0.3, -0.25) is 14.4 Å². The third-order valence-electron chi connectivity index (χ3n) is 11.4. The summed E-state index contributed by atoms with van der Waals surface area (Å²) in [6, 6.07) is 8.14. The number of hydrogen-bond acceptors (Lipinski definition) is 13. The van der Waals surface area contributed by atoms with Crippen molar-refractivity contribution in [2.75, 3.05) is 38.2 Å². The molecule has 3 aliphatic rings. The van der Waals surface area contributed by atoms with Crippen molar-refractivity contribution in [3.05, 3.63) is 65.8 Å². The Bertz CT molecular complexity index is 1520. The Kier molecular flexibility index (Phi) is 19.5. The molecule has 58 heavy (non-hydrogen) atoms. The third-order valence-corrected chi connectivity index (χ3v) is 11.4. The van der Waals surface area contributed by atoms with Crippen LogP contribution in [-0.2, 0) is 39.9 Å². The fourth-order valence-electron chi connectivity index (χ4n) is 7.83. The monoisotopic (exact) mass is 815 g/mol. The number of nitrogens with zero attached hydrogens (tertiary/aromatic N) is 1. The molecule has 0 radical (unpaired) electrons. The number of anilines is 1. The van der Waals surface area contributed by atoms with Crippen molar-refractivity contribution in [3.63, 3.8) is 0 Å². The van der Waals surface area contributed by atoms with E-state index >= 15 is 0 Å². The van der Waals surface area contributed by atoms with Crippen molar-refractivity contribution in [1.29, 1.82) is 0 Å². The highest BCUT2D eigenvalue weighted by molar-refractivity contribution is 5.70. The molecule has 326 valence electrons. The molecule has 2 fully saturated rings. The second-order valence-corrected chi connectivity index (χ2v) is 16.3. The van der Waals surface area contributed by atoms with Gasteiger partial charge in [0.05, 0.1) is 36.4 Å². The van der Waals surface area contributed by atoms with Crippen LogP contribution in [-0.4, -0.2) is 126 Å². The Balaban J connectivity index is 0.00000291. The summed E-state index contributed by atoms with van der Waals surface area (Å²) < 4.78 is 23.4. The molecule has 0 aliphatic carbocycles. The van der Waals surface area contributed by atoms with Gasteiger partial charge >= 0.3 is 11.9 Å². The topological polar surface area (TPSA) is 200 Å². The number of carboxylic acid groups (broad SMARTS) is 1. The van der Waals surface area contributed by atoms with Gasteiger partial charge in [-0.1, -0.05) is 57.2 Å². The van der Waals surface area contributed by atoms with E-state index in [1.165, 1.54) is 12.6 Å². The number of esters is 2. The predicted molar refractivity (Wildman–Crippen MR) is 222 cm³/mol. The van der Waals surface area contributed by atoms with E-state index in [0.717, 1.165) is 44.6 Å². The number of allylic oxidation sites excluding steroid dienone is 2. The summed E-state index contributed by atoms with van der Waals surface area (Å²) in [5.41, 5.74) is 0.201. The first kappa shape index (κ1) is 48.7. The number of methoxy groups -OCH3 is 1. The quantitative estimate of drug-likeness (QED) is 0.0517. The number of aliphatic hydroxyl groups is 3. The molecule has 3 aliphatic heterocycles. The number of hydrogen-bond donors (Lipinski definition) is 6. The number of carbonyl (C=O) groups is 3. The van der Waals surface area contributed by atoms with Crippen LogP contribution >= 0.6 is 0 Å². The molecule has 2 saturated heterocycles. The van der Waals surface area contributed by atoms with Gasteiger partial charge in [-0.25, -0.2) is 0 Å². The van der Waals surface area contributed by atoms with Gasteiger partial charge in [0.25, 0.3) is 6.47 Å². The molecule has 0 aromatic heterocycles. The highest BCUT2D eigenvalue weighted by atomic mass is 16.6. The van der Waals surface area contributed by atoms with Gasteiger partial charge in [-0.2, -0.15) is 0 Å². The summed E-state index contributed by atoms with van der Waals surface area (Å²) >= 11 is 0. The number of rotatable bonds is 14. The molecule has 6 N–H and O–H groups in total. The molecule has 1 aromatic carbocycles. The van der Waals surface area contributed by atoms with Crippen molar-refractivity contribution >= 4 is 24.1 Å². The fourth-order valence-corrected chi connectivity index (χ4v) is 7.83. The van der Waals surface area contributed by atoms with Gasteiger partial charge in [-0.15, -0.1) is 0 Å². The summed E-state index contributed by atoms with van der Waals surface area (Å²) in [5, 5.41) is 47.7. The van der Waals surface area contributed by atoms with Crippen LogP contribution in [0.2, 0.25) is 0 Å². The zero-order valence-electron chi connectivity index (χ0n) is 35.6. The molecule has 0 spiro atoms. The molecule has 14 heteroatoms. The lowest BCUT2D eigenvalue weighted by Crippen LogP contribution is -2.52. The molecule has 0 amide bonds. The number of cyclic esters (lactones) is 1. The first-order chi connectivity index (χ1) is 27.5. The smallest absolute Gasteiger partial charge is 0.309 e. The zero-order valence-corrected chi connectivity index (χ0v) is 35.6. The largest absolute Gasteiger partial charge is 0.483 e. The van der Waals surface area contributed by atoms with Gasteiger partial charge in [0.15, 0.2) is 0 Å². The average Bonchev–Trinajstić information content (AvgIpc) is 4.00. The molecule has 0 saturated carbocycles. The lowest BCUT2D eigenvalue weighted by molar-refractivity contribution is -0.157. The lowest BCUT2D eigenvalue weighted by Gasteiger charge is -2.32. The first-order valence-electron chi connectivity index (χ1n) is 20.6. The molecule has 3 heterocycles. The lowest BCUT2D eigenvalue weighted by atomic mass is 9.87. The average molecular weight is 816 g/mol. The maximum Gasteiger partial charge on any atom is 0.309 e. The van der Waals surface area contributed by atoms with Crippen LogP contribution in [0.1, 0.15) is 86.1 Å². The number of benzene rings is 1. The Morgan fingerprint density at radius 1 is 1.17 bits per heavy atom. The van der Waals surface area contributed by atoms with E-state index in [-0.39, 0.29) is 55.9 Å². The normalized spacial score (nSPS) is 30.4. The standard InChI is InChI=1S/C43H67N3O9.CH2O2/c1-9-35(52-8)30(4)39-40(55-39)41(45-27-32-14-16-33(17-15-32)46-24-11-22-44-23-25-46)43(7,51)20-10-12-28(2)38-29(3)13-18-36(53-31(5)47)42(6,50)21-19-34(48)26-37(49)54-38;2-1-3/h10,12-18,20,29-30,34-36,38-41,44-45,48,50-51H,9,11,19,21-27H2,1-8H3;1H,(H,2,3)/b18-13+,20-10+,28-12+;/t29-,30+,34+,35-,36-,38?,39+,40-,41?,42+,43?;/m0./s1. The Labute approximate surface area is 344 Å². The second-order valence-electron chi connectivity index (χ2n) is 16.3. The van der Waals surface area contributed by atoms with Crippen LogP contribution in [0.4, 0.5) is 5.69 Å². The molecule has 0 bridgehead atoms. The van der Waals surface area contributed by atoms with Crippen LogP contribution in [0.15, 0.2) is 60.2 Å². The molecular formula is C44H69N3O11. The highest BCUT2D eigenvalue weighted by Gasteiger charge is 2.54. The minimum atomic E-state index is -1.46. The number of aliphatic hydroxyl groups excluding tert-OH is 1. The molecular weight excluding hydrogens is 746 g/mol. The van der Waals surface area contributed by atoms with Crippen molar-refractivity contribution < 1.29 is 53.8 Å². The van der Waals surface area contributed by atoms with Crippen molar-refractivity contribution in [2.24, 2.45) is 11.8 Å². The number of carbonyl (C=O) groups excluding carboxylic acids is 2. The van der Waals surface area contributed by atoms with E-state index in [9.17, 15) is 24.9 Å². The summed E-state index contributed by atoms with van der Waals surface area (Å²) in [6.07, 6.45) is 7.60. The molecule has 3 unspecified atom stereocenters. The van der Waals surface area contributed by atoms with Crippen LogP contribution in [0.3, 0.4) is 0 Å². The molecule has 4 rings (SSSR count). The Morgan fingerprint density at radius 3 is 2.50 bits per heavy atom. The Morgan fingerprint density at radius 2 is 1.86 bits per heavy atom. The van der Waals surface area contributed by atoms with E-state index in [4.69, 9.17) is 28.8 Å². The van der Waals surface area contributed by atoms with E-state index in [0.29, 0.717) is 12.1 Å². The number of epoxide rings is 1. The van der Waals surface area contributed by atoms with Gasteiger partial charge in [0.2, 0.25) is 0 Å². The fraction of sp³-hybridized carbons (Fsp3) is 0.659. The SMILES string of the molecule is CC[C@H](OC)[C@@H](C)[C@H]1O[C@@H]1C(NCc1ccc(N2CCCNCC2)cc1)C(C)(O)/C=C/C=C(\C)C1OC(=O)C[C@H](O)CC[C@@](C)(O)[C@@H](OC(C)=O)/C=C/[C@@H]1C.O=CO. The van der Waals surface area contributed by atoms with Gasteiger partial charge in [-0.05, 0) is 82.3 Å². The third kappa shape index (κ3) is 14.9. The van der Waals surface area contributed by atoms with Crippen LogP contribution in [0.25, 0.3) is 0 Å². The van der Waals surface area contributed by atoms with Gasteiger partial charge in [0.1, 0.15) is 23.9 Å². The van der Waals surface area contributed by atoms with E-state index in [1.54, 1.807) is 51.3 Å². The highest BCUT2D eigenvalue weighted by Crippen LogP contribution is 2.39. The van der Waals surface area contributed by atoms with E-state index in [1.807, 2.05) is 13.8 Å².